The fourth-order valence-electron chi connectivity index (χ4n) is 8.54. The number of nitriles is 1. The van der Waals surface area contributed by atoms with Crippen LogP contribution >= 0.6 is 0 Å². The molecule has 0 saturated heterocycles. The molecule has 0 fully saturated rings. The summed E-state index contributed by atoms with van der Waals surface area (Å²) in [5, 5.41) is 18.5. The van der Waals surface area contributed by atoms with Crippen LogP contribution < -0.4 is 0 Å². The van der Waals surface area contributed by atoms with Crippen molar-refractivity contribution >= 4 is 48.8 Å². The van der Waals surface area contributed by atoms with Crippen LogP contribution in [0.2, 0.25) is 0 Å². The quantitative estimate of drug-likeness (QED) is 0.168. The molecule has 1 aliphatic rings. The number of hydrogen-bond donors (Lipinski definition) is 0. The summed E-state index contributed by atoms with van der Waals surface area (Å²) in [4.78, 5) is 10.2. The Morgan fingerprint density at radius 3 is 1.93 bits per heavy atom. The van der Waals surface area contributed by atoms with E-state index in [0.29, 0.717) is 5.56 Å². The zero-order valence-electron chi connectivity index (χ0n) is 30.3. The first-order valence-corrected chi connectivity index (χ1v) is 18.8. The predicted octanol–water partition coefficient (Wildman–Crippen LogP) is 13.3. The minimum absolute atomic E-state index is 0.168. The van der Waals surface area contributed by atoms with E-state index in [4.69, 9.17) is 9.97 Å². The van der Waals surface area contributed by atoms with E-state index in [-0.39, 0.29) is 11.8 Å². The van der Waals surface area contributed by atoms with Crippen molar-refractivity contribution < 1.29 is 0 Å². The van der Waals surface area contributed by atoms with E-state index < -0.39 is 0 Å². The van der Waals surface area contributed by atoms with Gasteiger partial charge in [-0.25, -0.2) is 9.97 Å². The zero-order valence-corrected chi connectivity index (χ0v) is 30.3. The summed E-state index contributed by atoms with van der Waals surface area (Å²) < 4.78 is 0. The summed E-state index contributed by atoms with van der Waals surface area (Å²) in [7, 11) is 0. The minimum atomic E-state index is 0.168. The van der Waals surface area contributed by atoms with Crippen molar-refractivity contribution in [3.63, 3.8) is 0 Å². The molecule has 10 rings (SSSR count). The Morgan fingerprint density at radius 1 is 0.527 bits per heavy atom. The largest absolute Gasteiger partial charge is 0.228 e. The van der Waals surface area contributed by atoms with Gasteiger partial charge in [0.25, 0.3) is 0 Å². The number of fused-ring (bicyclic) bond motifs is 5. The first-order valence-electron chi connectivity index (χ1n) is 18.8. The fourth-order valence-corrected chi connectivity index (χ4v) is 8.54. The van der Waals surface area contributed by atoms with Crippen LogP contribution in [-0.4, -0.2) is 9.97 Å². The molecule has 0 N–H and O–H groups in total. The summed E-state index contributed by atoms with van der Waals surface area (Å²) in [6.07, 6.45) is 6.84. The number of nitrogens with zero attached hydrogens (tertiary/aromatic N) is 3. The van der Waals surface area contributed by atoms with Crippen molar-refractivity contribution in [3.8, 4) is 39.6 Å². The van der Waals surface area contributed by atoms with Gasteiger partial charge in [0.2, 0.25) is 0 Å². The van der Waals surface area contributed by atoms with Crippen molar-refractivity contribution in [2.75, 3.05) is 0 Å². The molecule has 9 aromatic rings. The summed E-state index contributed by atoms with van der Waals surface area (Å²) in [6, 6.07) is 60.0. The minimum Gasteiger partial charge on any atom is -0.228 e. The zero-order chi connectivity index (χ0) is 36.9. The molecule has 1 heterocycles. The molecule has 2 atom stereocenters. The average Bonchev–Trinajstić information content (AvgIpc) is 3.25. The Morgan fingerprint density at radius 2 is 1.16 bits per heavy atom. The van der Waals surface area contributed by atoms with Crippen LogP contribution in [0.25, 0.3) is 82.3 Å². The van der Waals surface area contributed by atoms with E-state index in [1.165, 1.54) is 37.9 Å². The van der Waals surface area contributed by atoms with E-state index in [2.05, 4.69) is 165 Å². The van der Waals surface area contributed by atoms with Crippen molar-refractivity contribution in [1.29, 1.82) is 5.26 Å². The van der Waals surface area contributed by atoms with Gasteiger partial charge in [0, 0.05) is 22.4 Å². The topological polar surface area (TPSA) is 49.6 Å². The monoisotopic (exact) mass is 701 g/mol. The number of allylic oxidation sites excluding steroid dienone is 4. The Balaban J connectivity index is 1.05. The number of para-hydroxylation sites is 1. The highest BCUT2D eigenvalue weighted by Gasteiger charge is 2.24. The molecule has 1 aromatic heterocycles. The van der Waals surface area contributed by atoms with Gasteiger partial charge < -0.3 is 0 Å². The van der Waals surface area contributed by atoms with Gasteiger partial charge in [0.05, 0.1) is 22.8 Å². The van der Waals surface area contributed by atoms with Gasteiger partial charge in [-0.1, -0.05) is 159 Å². The Hall–Kier alpha value is -7.15. The SMILES string of the molecule is CC1C=C(c2nc(-c3ccccc3)c3ccccc3n2)C=CC1c1ccc(-c2cc(C#N)cc(-c3cc4ccccc4c4ccccc34)c2)c2ccccc12. The van der Waals surface area contributed by atoms with E-state index in [0.717, 1.165) is 55.8 Å². The van der Waals surface area contributed by atoms with E-state index in [1.54, 1.807) is 0 Å². The summed E-state index contributed by atoms with van der Waals surface area (Å²) in [5.74, 6) is 1.12. The molecular formula is C52H35N3. The fraction of sp³-hybridized carbons (Fsp3) is 0.0577. The average molecular weight is 702 g/mol. The van der Waals surface area contributed by atoms with Gasteiger partial charge in [0.1, 0.15) is 0 Å². The Labute approximate surface area is 320 Å². The molecule has 8 aromatic carbocycles. The highest BCUT2D eigenvalue weighted by Crippen LogP contribution is 2.42. The lowest BCUT2D eigenvalue weighted by Gasteiger charge is -2.25. The third-order valence-electron chi connectivity index (χ3n) is 11.2. The van der Waals surface area contributed by atoms with Gasteiger partial charge in [0.15, 0.2) is 5.82 Å². The van der Waals surface area contributed by atoms with Crippen LogP contribution in [0.15, 0.2) is 182 Å². The van der Waals surface area contributed by atoms with Gasteiger partial charge in [-0.15, -0.1) is 0 Å². The Bertz CT molecular complexity index is 3080. The summed E-state index contributed by atoms with van der Waals surface area (Å²) in [5.41, 5.74) is 10.2. The standard InChI is InChI=1S/C52H35N3/c1-33-27-37(52-54-50-22-12-11-21-48(50)51(55-52)35-13-3-2-4-14-35)23-24-40(33)47-26-25-42(44-18-7-9-19-45(44)47)38-28-34(32-53)29-39(30-38)49-31-36-15-5-6-16-41(36)43-17-8-10-20-46(43)49/h2-31,33,40H,1H3. The second kappa shape index (κ2) is 13.4. The maximum absolute atomic E-state index is 10.3. The van der Waals surface area contributed by atoms with Crippen LogP contribution in [0, 0.1) is 17.2 Å². The lowest BCUT2D eigenvalue weighted by atomic mass is 9.79. The highest BCUT2D eigenvalue weighted by molar-refractivity contribution is 6.14. The molecule has 3 nitrogen and oxygen atoms in total. The van der Waals surface area contributed by atoms with Gasteiger partial charge in [-0.05, 0) is 96.4 Å². The lowest BCUT2D eigenvalue weighted by molar-refractivity contribution is 0.641. The van der Waals surface area contributed by atoms with E-state index >= 15 is 0 Å². The van der Waals surface area contributed by atoms with Crippen LogP contribution in [0.3, 0.4) is 0 Å². The molecule has 55 heavy (non-hydrogen) atoms. The molecule has 258 valence electrons. The van der Waals surface area contributed by atoms with E-state index in [9.17, 15) is 5.26 Å². The number of benzene rings is 8. The number of aromatic nitrogens is 2. The lowest BCUT2D eigenvalue weighted by Crippen LogP contribution is -2.11. The van der Waals surface area contributed by atoms with Crippen LogP contribution in [0.1, 0.15) is 29.8 Å². The third kappa shape index (κ3) is 5.68. The van der Waals surface area contributed by atoms with Gasteiger partial charge in [-0.3, -0.25) is 0 Å². The highest BCUT2D eigenvalue weighted by atomic mass is 14.9. The molecule has 0 radical (unpaired) electrons. The van der Waals surface area contributed by atoms with Crippen molar-refractivity contribution in [3.05, 3.63) is 199 Å². The van der Waals surface area contributed by atoms with Crippen molar-refractivity contribution in [1.82, 2.24) is 9.97 Å². The Kier molecular flexibility index (Phi) is 7.90. The van der Waals surface area contributed by atoms with E-state index in [1.807, 2.05) is 30.3 Å². The van der Waals surface area contributed by atoms with Gasteiger partial charge >= 0.3 is 0 Å². The molecule has 0 amide bonds. The van der Waals surface area contributed by atoms with Gasteiger partial charge in [-0.2, -0.15) is 5.26 Å². The molecule has 0 aliphatic heterocycles. The van der Waals surface area contributed by atoms with Crippen LogP contribution in [0.4, 0.5) is 0 Å². The molecule has 1 aliphatic carbocycles. The second-order valence-electron chi connectivity index (χ2n) is 14.5. The third-order valence-corrected chi connectivity index (χ3v) is 11.2. The summed E-state index contributed by atoms with van der Waals surface area (Å²) in [6.45, 7) is 2.28. The van der Waals surface area contributed by atoms with Crippen molar-refractivity contribution in [2.45, 2.75) is 12.8 Å². The van der Waals surface area contributed by atoms with Crippen LogP contribution in [-0.2, 0) is 0 Å². The number of hydrogen-bond acceptors (Lipinski definition) is 3. The smallest absolute Gasteiger partial charge is 0.160 e. The maximum atomic E-state index is 10.3. The molecule has 0 spiro atoms. The predicted molar refractivity (Wildman–Crippen MR) is 229 cm³/mol. The van der Waals surface area contributed by atoms with Crippen LogP contribution in [0.5, 0.6) is 0 Å². The normalized spacial score (nSPS) is 15.4. The molecular weight excluding hydrogens is 667 g/mol. The molecule has 3 heteroatoms. The molecule has 0 bridgehead atoms. The number of rotatable bonds is 5. The molecule has 2 unspecified atom stereocenters. The maximum Gasteiger partial charge on any atom is 0.160 e. The first-order chi connectivity index (χ1) is 27.1. The second-order valence-corrected chi connectivity index (χ2v) is 14.5. The summed E-state index contributed by atoms with van der Waals surface area (Å²) >= 11 is 0. The first kappa shape index (κ1) is 32.5. The van der Waals surface area contributed by atoms with Crippen molar-refractivity contribution in [2.24, 2.45) is 5.92 Å². The molecule has 0 saturated carbocycles.